The average molecular weight is 321 g/mol. The van der Waals surface area contributed by atoms with Crippen molar-refractivity contribution in [3.05, 3.63) is 18.2 Å². The van der Waals surface area contributed by atoms with Crippen LogP contribution in [0.25, 0.3) is 0 Å². The Kier molecular flexibility index (Phi) is 4.76. The van der Waals surface area contributed by atoms with E-state index in [0.717, 1.165) is 0 Å². The summed E-state index contributed by atoms with van der Waals surface area (Å²) in [4.78, 5) is 12.3. The van der Waals surface area contributed by atoms with Crippen LogP contribution in [-0.2, 0) is 29.0 Å². The van der Waals surface area contributed by atoms with Gasteiger partial charge in [0.25, 0.3) is 0 Å². The summed E-state index contributed by atoms with van der Waals surface area (Å²) in [5.41, 5.74) is -1.25. The van der Waals surface area contributed by atoms with Crippen molar-refractivity contribution in [1.29, 1.82) is 0 Å². The largest absolute Gasteiger partial charge is 0.460 e. The highest BCUT2D eigenvalue weighted by Crippen LogP contribution is 2.23. The maximum atomic E-state index is 12.3. The third-order valence-electron chi connectivity index (χ3n) is 3.14. The van der Waals surface area contributed by atoms with Crippen LogP contribution in [0.15, 0.2) is 12.4 Å². The molecule has 0 fully saturated rings. The van der Waals surface area contributed by atoms with Gasteiger partial charge in [0, 0.05) is 19.2 Å². The van der Waals surface area contributed by atoms with E-state index in [2.05, 4.69) is 25.8 Å². The molecular weight excluding hydrogens is 298 g/mol. The highest BCUT2D eigenvalue weighted by Gasteiger charge is 2.34. The number of aryl methyl sites for hydroxylation is 2. The van der Waals surface area contributed by atoms with E-state index in [1.807, 2.05) is 34.6 Å². The molecule has 0 unspecified atom stereocenters. The van der Waals surface area contributed by atoms with Gasteiger partial charge in [-0.3, -0.25) is 9.48 Å². The number of hydrogen-bond donors (Lipinski definition) is 0. The number of nitrogens with zero attached hydrogens (tertiary/aromatic N) is 7. The number of aromatic nitrogens is 7. The van der Waals surface area contributed by atoms with E-state index in [-0.39, 0.29) is 5.97 Å². The summed E-state index contributed by atoms with van der Waals surface area (Å²) >= 11 is 0. The first-order valence-electron chi connectivity index (χ1n) is 7.50. The van der Waals surface area contributed by atoms with Crippen molar-refractivity contribution in [1.82, 2.24) is 35.2 Å². The Morgan fingerprint density at radius 2 is 1.96 bits per heavy atom. The quantitative estimate of drug-likeness (QED) is 0.728. The van der Waals surface area contributed by atoms with Crippen LogP contribution in [0.2, 0.25) is 0 Å². The molecule has 0 saturated heterocycles. The lowest BCUT2D eigenvalue weighted by Gasteiger charge is -2.28. The van der Waals surface area contributed by atoms with Crippen LogP contribution < -0.4 is 0 Å². The fourth-order valence-electron chi connectivity index (χ4n) is 1.95. The second-order valence-corrected chi connectivity index (χ2v) is 7.05. The van der Waals surface area contributed by atoms with E-state index in [1.165, 1.54) is 0 Å². The summed E-state index contributed by atoms with van der Waals surface area (Å²) in [6.07, 6.45) is 3.99. The summed E-state index contributed by atoms with van der Waals surface area (Å²) in [5.74, 6) is 0.417. The number of rotatable bonds is 6. The van der Waals surface area contributed by atoms with Crippen LogP contribution in [0, 0.1) is 5.41 Å². The van der Waals surface area contributed by atoms with Gasteiger partial charge in [-0.05, 0) is 45.0 Å². The van der Waals surface area contributed by atoms with E-state index in [0.29, 0.717) is 25.3 Å². The second-order valence-electron chi connectivity index (χ2n) is 7.05. The first kappa shape index (κ1) is 17.0. The fourth-order valence-corrected chi connectivity index (χ4v) is 1.95. The summed E-state index contributed by atoms with van der Waals surface area (Å²) < 4.78 is 8.81. The first-order valence-corrected chi connectivity index (χ1v) is 7.50. The molecule has 0 N–H and O–H groups in total. The summed E-state index contributed by atoms with van der Waals surface area (Å²) in [7, 11) is 0. The minimum atomic E-state index is -0.731. The lowest BCUT2D eigenvalue weighted by molar-refractivity contribution is -0.166. The van der Waals surface area contributed by atoms with Gasteiger partial charge in [-0.15, -0.1) is 10.2 Å². The molecule has 0 atom stereocenters. The normalized spacial score (nSPS) is 12.4. The molecule has 0 spiro atoms. The summed E-state index contributed by atoms with van der Waals surface area (Å²) in [5, 5.41) is 19.4. The van der Waals surface area contributed by atoms with Crippen LogP contribution in [-0.4, -0.2) is 46.8 Å². The van der Waals surface area contributed by atoms with Crippen LogP contribution in [0.4, 0.5) is 0 Å². The second kappa shape index (κ2) is 6.43. The maximum absolute atomic E-state index is 12.3. The lowest BCUT2D eigenvalue weighted by Crippen LogP contribution is -2.37. The summed E-state index contributed by atoms with van der Waals surface area (Å²) in [6.45, 7) is 10.2. The van der Waals surface area contributed by atoms with Crippen molar-refractivity contribution in [2.75, 3.05) is 0 Å². The minimum Gasteiger partial charge on any atom is -0.460 e. The fraction of sp³-hybridized carbons (Fsp3) is 0.714. The molecule has 2 aromatic rings. The van der Waals surface area contributed by atoms with Gasteiger partial charge >= 0.3 is 5.97 Å². The molecule has 9 heteroatoms. The van der Waals surface area contributed by atoms with E-state index >= 15 is 0 Å². The molecule has 0 amide bonds. The van der Waals surface area contributed by atoms with Crippen LogP contribution in [0.3, 0.4) is 0 Å². The van der Waals surface area contributed by atoms with E-state index in [1.54, 1.807) is 21.8 Å². The van der Waals surface area contributed by atoms with Crippen molar-refractivity contribution >= 4 is 5.97 Å². The minimum absolute atomic E-state index is 0.275. The first-order chi connectivity index (χ1) is 10.7. The number of ether oxygens (including phenoxy) is 1. The molecule has 2 heterocycles. The zero-order valence-electron chi connectivity index (χ0n) is 14.2. The lowest BCUT2D eigenvalue weighted by atomic mass is 9.93. The molecule has 0 bridgehead atoms. The van der Waals surface area contributed by atoms with Gasteiger partial charge in [0.1, 0.15) is 5.60 Å². The molecular formula is C14H23N7O2. The predicted molar refractivity (Wildman–Crippen MR) is 81.2 cm³/mol. The molecule has 0 aliphatic carbocycles. The van der Waals surface area contributed by atoms with E-state index < -0.39 is 11.0 Å². The molecule has 23 heavy (non-hydrogen) atoms. The van der Waals surface area contributed by atoms with Crippen molar-refractivity contribution in [3.8, 4) is 0 Å². The molecule has 9 nitrogen and oxygen atoms in total. The number of esters is 1. The smallest absolute Gasteiger partial charge is 0.313 e. The highest BCUT2D eigenvalue weighted by atomic mass is 16.6. The van der Waals surface area contributed by atoms with Gasteiger partial charge in [-0.1, -0.05) is 5.21 Å². The van der Waals surface area contributed by atoms with Crippen LogP contribution in [0.1, 0.15) is 40.4 Å². The Hall–Kier alpha value is -2.32. The number of tetrazole rings is 1. The van der Waals surface area contributed by atoms with Crippen LogP contribution >= 0.6 is 0 Å². The van der Waals surface area contributed by atoms with Gasteiger partial charge in [0.2, 0.25) is 0 Å². The molecule has 126 valence electrons. The molecule has 0 aliphatic rings. The third kappa shape index (κ3) is 4.83. The molecule has 2 aromatic heterocycles. The number of carbonyl (C=O) groups is 1. The van der Waals surface area contributed by atoms with Gasteiger partial charge in [-0.25, -0.2) is 4.68 Å². The number of carbonyl (C=O) groups excluding carboxylic acids is 1. The monoisotopic (exact) mass is 321 g/mol. The zero-order chi connectivity index (χ0) is 17.1. The van der Waals surface area contributed by atoms with Crippen LogP contribution in [0.5, 0.6) is 0 Å². The highest BCUT2D eigenvalue weighted by molar-refractivity contribution is 5.76. The van der Waals surface area contributed by atoms with Crippen molar-refractivity contribution in [3.63, 3.8) is 0 Å². The van der Waals surface area contributed by atoms with Crippen molar-refractivity contribution in [2.24, 2.45) is 5.41 Å². The molecule has 2 rings (SSSR count). The standard InChI is InChI=1S/C14H23N7O2/c1-13(2,3)23-12(22)14(4,5)10-21-11(16-17-19-21)6-8-20-9-7-15-18-20/h7,9H,6,8,10H2,1-5H3. The third-order valence-corrected chi connectivity index (χ3v) is 3.14. The Bertz CT molecular complexity index is 640. The zero-order valence-corrected chi connectivity index (χ0v) is 14.2. The van der Waals surface area contributed by atoms with Gasteiger partial charge in [0.15, 0.2) is 5.82 Å². The van der Waals surface area contributed by atoms with Crippen molar-refractivity contribution in [2.45, 2.75) is 59.7 Å². The molecule has 0 radical (unpaired) electrons. The summed E-state index contributed by atoms with van der Waals surface area (Å²) in [6, 6.07) is 0. The Morgan fingerprint density at radius 3 is 2.57 bits per heavy atom. The molecule has 0 aromatic carbocycles. The predicted octanol–water partition coefficient (Wildman–Crippen LogP) is 0.875. The maximum Gasteiger partial charge on any atom is 0.313 e. The van der Waals surface area contributed by atoms with Gasteiger partial charge in [0.05, 0.1) is 18.2 Å². The molecule has 0 saturated carbocycles. The van der Waals surface area contributed by atoms with E-state index in [4.69, 9.17) is 4.74 Å². The van der Waals surface area contributed by atoms with E-state index in [9.17, 15) is 4.79 Å². The SMILES string of the molecule is CC(C)(C)OC(=O)C(C)(C)Cn1nnnc1CCn1ccnn1. The Labute approximate surface area is 135 Å². The van der Waals surface area contributed by atoms with Gasteiger partial charge in [-0.2, -0.15) is 0 Å². The topological polar surface area (TPSA) is 101 Å². The Morgan fingerprint density at radius 1 is 1.22 bits per heavy atom. The van der Waals surface area contributed by atoms with Crippen molar-refractivity contribution < 1.29 is 9.53 Å². The Balaban J connectivity index is 2.02. The molecule has 0 aliphatic heterocycles. The average Bonchev–Trinajstić information content (AvgIpc) is 3.05. The van der Waals surface area contributed by atoms with Gasteiger partial charge < -0.3 is 4.74 Å². The number of hydrogen-bond acceptors (Lipinski definition) is 7.